The largest absolute Gasteiger partial charge is 0.482 e. The molecule has 1 fully saturated rings. The molecule has 11 nitrogen and oxygen atoms in total. The molecule has 0 aliphatic carbocycles. The Balaban J connectivity index is 1.27. The molecular weight excluding hydrogens is 563 g/mol. The number of amides is 1. The Bertz CT molecular complexity index is 1860. The van der Waals surface area contributed by atoms with Gasteiger partial charge < -0.3 is 19.9 Å². The molecular formula is C32H35FN8O3. The predicted octanol–water partition coefficient (Wildman–Crippen LogP) is 3.85. The summed E-state index contributed by atoms with van der Waals surface area (Å²) in [5, 5.41) is 9.44. The number of carbonyl (C=O) groups excluding carboxylic acids is 1. The standard InChI is InChI=1S/C32H35FN8O3/c1-20-12-25(22-14-21(2)31(26(33)15-22)44-18-28-34-19-35-37-28)30-27(13-20)41(32(43)39(30)4)17-29(42)36-23-6-5-7-24(16-23)40-10-8-38(3)9-11-40/h5-7,12-16,19H,8-11,17-18H2,1-4H3,(H,36,42)(H,34,35,37). The molecule has 1 saturated heterocycles. The van der Waals surface area contributed by atoms with Crippen LogP contribution in [0.25, 0.3) is 22.2 Å². The zero-order valence-corrected chi connectivity index (χ0v) is 25.2. The number of fused-ring (bicyclic) bond motifs is 1. The topological polar surface area (TPSA) is 113 Å². The van der Waals surface area contributed by atoms with Gasteiger partial charge in [0.15, 0.2) is 17.4 Å². The minimum Gasteiger partial charge on any atom is -0.482 e. The molecule has 2 aromatic heterocycles. The second-order valence-corrected chi connectivity index (χ2v) is 11.3. The Morgan fingerprint density at radius 3 is 2.59 bits per heavy atom. The Morgan fingerprint density at radius 1 is 1.07 bits per heavy atom. The molecule has 44 heavy (non-hydrogen) atoms. The number of hydrogen-bond acceptors (Lipinski definition) is 7. The van der Waals surface area contributed by atoms with Gasteiger partial charge in [-0.1, -0.05) is 6.07 Å². The number of halogens is 1. The van der Waals surface area contributed by atoms with Crippen LogP contribution in [0.4, 0.5) is 15.8 Å². The van der Waals surface area contributed by atoms with E-state index in [0.717, 1.165) is 37.4 Å². The maximum absolute atomic E-state index is 15.4. The number of aryl methyl sites for hydroxylation is 3. The lowest BCUT2D eigenvalue weighted by molar-refractivity contribution is -0.116. The summed E-state index contributed by atoms with van der Waals surface area (Å²) in [4.78, 5) is 35.3. The molecule has 0 unspecified atom stereocenters. The van der Waals surface area contributed by atoms with Gasteiger partial charge in [0.05, 0.1) is 11.0 Å². The number of benzene rings is 3. The molecule has 2 N–H and O–H groups in total. The molecule has 0 radical (unpaired) electrons. The van der Waals surface area contributed by atoms with E-state index < -0.39 is 5.82 Å². The number of likely N-dealkylation sites (N-methyl/N-ethyl adjacent to an activating group) is 1. The molecule has 1 amide bonds. The minimum absolute atomic E-state index is 0.0470. The van der Waals surface area contributed by atoms with Gasteiger partial charge in [0.2, 0.25) is 5.91 Å². The number of anilines is 2. The van der Waals surface area contributed by atoms with Gasteiger partial charge in [-0.25, -0.2) is 14.2 Å². The van der Waals surface area contributed by atoms with Crippen LogP contribution in [0, 0.1) is 19.7 Å². The first-order chi connectivity index (χ1) is 21.2. The summed E-state index contributed by atoms with van der Waals surface area (Å²) in [5.41, 5.74) is 5.34. The van der Waals surface area contributed by atoms with Crippen molar-refractivity contribution in [1.82, 2.24) is 29.2 Å². The number of rotatable bonds is 8. The fraction of sp³-hybridized carbons (Fsp3) is 0.312. The number of ether oxygens (including phenoxy) is 1. The number of imidazole rings is 1. The van der Waals surface area contributed by atoms with Crippen LogP contribution in [0.5, 0.6) is 5.75 Å². The molecule has 12 heteroatoms. The monoisotopic (exact) mass is 598 g/mol. The van der Waals surface area contributed by atoms with E-state index in [9.17, 15) is 9.59 Å². The van der Waals surface area contributed by atoms with E-state index in [0.29, 0.717) is 39.2 Å². The second kappa shape index (κ2) is 12.0. The predicted molar refractivity (Wildman–Crippen MR) is 168 cm³/mol. The summed E-state index contributed by atoms with van der Waals surface area (Å²) in [6, 6.07) is 14.8. The van der Waals surface area contributed by atoms with Crippen LogP contribution in [0.1, 0.15) is 17.0 Å². The first-order valence-corrected chi connectivity index (χ1v) is 14.5. The normalized spacial score (nSPS) is 13.9. The van der Waals surface area contributed by atoms with E-state index in [4.69, 9.17) is 4.74 Å². The fourth-order valence-corrected chi connectivity index (χ4v) is 5.77. The van der Waals surface area contributed by atoms with Crippen LogP contribution in [0.3, 0.4) is 0 Å². The van der Waals surface area contributed by atoms with Crippen molar-refractivity contribution >= 4 is 28.3 Å². The van der Waals surface area contributed by atoms with Gasteiger partial charge in [0, 0.05) is 50.2 Å². The summed E-state index contributed by atoms with van der Waals surface area (Å²) in [6.45, 7) is 7.36. The molecule has 0 atom stereocenters. The molecule has 3 heterocycles. The summed E-state index contributed by atoms with van der Waals surface area (Å²) in [5.74, 6) is -0.240. The molecule has 0 bridgehead atoms. The number of nitrogens with one attached hydrogen (secondary N) is 2. The highest BCUT2D eigenvalue weighted by atomic mass is 19.1. The number of carbonyl (C=O) groups is 1. The van der Waals surface area contributed by atoms with Crippen LogP contribution >= 0.6 is 0 Å². The van der Waals surface area contributed by atoms with Crippen LogP contribution in [-0.4, -0.2) is 68.3 Å². The van der Waals surface area contributed by atoms with Crippen molar-refractivity contribution in [3.05, 3.63) is 88.1 Å². The number of piperazine rings is 1. The Labute approximate surface area is 253 Å². The van der Waals surface area contributed by atoms with Gasteiger partial charge in [-0.15, -0.1) is 0 Å². The summed E-state index contributed by atoms with van der Waals surface area (Å²) < 4.78 is 24.0. The maximum atomic E-state index is 15.4. The fourth-order valence-electron chi connectivity index (χ4n) is 5.77. The van der Waals surface area contributed by atoms with Crippen LogP contribution in [0.2, 0.25) is 0 Å². The van der Waals surface area contributed by atoms with Crippen molar-refractivity contribution in [3.63, 3.8) is 0 Å². The molecule has 6 rings (SSSR count). The molecule has 1 aliphatic rings. The number of hydrogen-bond donors (Lipinski definition) is 2. The van der Waals surface area contributed by atoms with Gasteiger partial charge in [-0.05, 0) is 80.1 Å². The molecule has 1 aliphatic heterocycles. The number of H-pyrrole nitrogens is 1. The lowest BCUT2D eigenvalue weighted by atomic mass is 9.99. The van der Waals surface area contributed by atoms with E-state index in [-0.39, 0.29) is 30.5 Å². The number of nitrogens with zero attached hydrogens (tertiary/aromatic N) is 6. The molecule has 0 spiro atoms. The third-order valence-corrected chi connectivity index (χ3v) is 8.04. The van der Waals surface area contributed by atoms with Crippen LogP contribution in [0.15, 0.2) is 59.7 Å². The van der Waals surface area contributed by atoms with Crippen molar-refractivity contribution in [1.29, 1.82) is 0 Å². The van der Waals surface area contributed by atoms with Gasteiger partial charge >= 0.3 is 5.69 Å². The van der Waals surface area contributed by atoms with Gasteiger partial charge in [-0.3, -0.25) is 19.0 Å². The van der Waals surface area contributed by atoms with Crippen molar-refractivity contribution in [2.75, 3.05) is 43.4 Å². The Kier molecular flexibility index (Phi) is 7.92. The highest BCUT2D eigenvalue weighted by Gasteiger charge is 2.21. The number of aromatic nitrogens is 5. The summed E-state index contributed by atoms with van der Waals surface area (Å²) in [6.07, 6.45) is 1.36. The zero-order chi connectivity index (χ0) is 31.0. The maximum Gasteiger partial charge on any atom is 0.329 e. The SMILES string of the molecule is Cc1cc(-c2cc(C)c(OCc3ncn[nH]3)c(F)c2)c2c(c1)n(CC(=O)Nc1cccc(N3CCN(C)CC3)c1)c(=O)n2C. The summed E-state index contributed by atoms with van der Waals surface area (Å²) in [7, 11) is 3.77. The highest BCUT2D eigenvalue weighted by Crippen LogP contribution is 2.34. The zero-order valence-electron chi connectivity index (χ0n) is 25.2. The van der Waals surface area contributed by atoms with Crippen molar-refractivity contribution < 1.29 is 13.9 Å². The number of aromatic amines is 1. The van der Waals surface area contributed by atoms with Gasteiger partial charge in [-0.2, -0.15) is 5.10 Å². The molecule has 3 aromatic carbocycles. The Hall–Kier alpha value is -4.97. The highest BCUT2D eigenvalue weighted by molar-refractivity contribution is 5.96. The average molecular weight is 599 g/mol. The van der Waals surface area contributed by atoms with E-state index in [1.165, 1.54) is 21.5 Å². The van der Waals surface area contributed by atoms with E-state index in [1.54, 1.807) is 14.0 Å². The lowest BCUT2D eigenvalue weighted by Gasteiger charge is -2.34. The Morgan fingerprint density at radius 2 is 1.86 bits per heavy atom. The molecule has 0 saturated carbocycles. The van der Waals surface area contributed by atoms with Gasteiger partial charge in [0.1, 0.15) is 19.5 Å². The van der Waals surface area contributed by atoms with E-state index in [2.05, 4.69) is 37.3 Å². The van der Waals surface area contributed by atoms with Crippen LogP contribution < -0.4 is 20.6 Å². The minimum atomic E-state index is -0.531. The van der Waals surface area contributed by atoms with Crippen molar-refractivity contribution in [2.45, 2.75) is 27.0 Å². The second-order valence-electron chi connectivity index (χ2n) is 11.3. The molecule has 5 aromatic rings. The molecule has 228 valence electrons. The van der Waals surface area contributed by atoms with Crippen molar-refractivity contribution in [3.8, 4) is 16.9 Å². The lowest BCUT2D eigenvalue weighted by Crippen LogP contribution is -2.44. The average Bonchev–Trinajstić information content (AvgIpc) is 3.60. The summed E-state index contributed by atoms with van der Waals surface area (Å²) >= 11 is 0. The van der Waals surface area contributed by atoms with Crippen LogP contribution in [-0.2, 0) is 25.0 Å². The smallest absolute Gasteiger partial charge is 0.329 e. The van der Waals surface area contributed by atoms with E-state index in [1.807, 2.05) is 49.4 Å². The first kappa shape index (κ1) is 29.1. The quantitative estimate of drug-likeness (QED) is 0.279. The van der Waals surface area contributed by atoms with Gasteiger partial charge in [0.25, 0.3) is 0 Å². The van der Waals surface area contributed by atoms with Crippen molar-refractivity contribution in [2.24, 2.45) is 7.05 Å². The third-order valence-electron chi connectivity index (χ3n) is 8.04. The van der Waals surface area contributed by atoms with E-state index >= 15 is 4.39 Å². The third kappa shape index (κ3) is 5.80. The first-order valence-electron chi connectivity index (χ1n) is 14.5.